The van der Waals surface area contributed by atoms with Crippen molar-refractivity contribution in [2.45, 2.75) is 47.9 Å². The van der Waals surface area contributed by atoms with Crippen LogP contribution in [0.2, 0.25) is 5.02 Å². The van der Waals surface area contributed by atoms with E-state index in [0.717, 1.165) is 11.6 Å². The Kier molecular flexibility index (Phi) is 8.44. The van der Waals surface area contributed by atoms with Crippen molar-refractivity contribution in [3.05, 3.63) is 94.3 Å². The zero-order chi connectivity index (χ0) is 32.1. The number of amides is 1. The van der Waals surface area contributed by atoms with Crippen molar-refractivity contribution in [3.63, 3.8) is 0 Å². The summed E-state index contributed by atoms with van der Waals surface area (Å²) in [5.41, 5.74) is -0.249. The molecule has 8 nitrogen and oxygen atoms in total. The lowest BCUT2D eigenvalue weighted by molar-refractivity contribution is -0.187. The summed E-state index contributed by atoms with van der Waals surface area (Å²) in [6.45, 7) is 0.539. The van der Waals surface area contributed by atoms with Crippen LogP contribution in [-0.4, -0.2) is 49.9 Å². The molecule has 3 unspecified atom stereocenters. The van der Waals surface area contributed by atoms with E-state index >= 15 is 0 Å². The number of hydrogen-bond acceptors (Lipinski definition) is 7. The number of benzene rings is 3. The lowest BCUT2D eigenvalue weighted by Gasteiger charge is -2.47. The van der Waals surface area contributed by atoms with Crippen LogP contribution in [-0.2, 0) is 30.8 Å². The number of carbonyl (C=O) groups is 2. The largest absolute Gasteiger partial charge is 0.469 e. The highest BCUT2D eigenvalue weighted by Gasteiger charge is 2.63. The SMILES string of the molecule is COC(=O)C1CON(Cc2ccccc2)C12CC1CCC(C2)C1S(=O)(=O)c1cc(C(=O)Nc2cc(F)c(F)c(F)c2)ccc1Cl. The van der Waals surface area contributed by atoms with E-state index in [2.05, 4.69) is 5.32 Å². The molecule has 3 atom stereocenters. The van der Waals surface area contributed by atoms with E-state index in [0.29, 0.717) is 44.4 Å². The molecule has 3 fully saturated rings. The second kappa shape index (κ2) is 12.1. The fraction of sp³-hybridized carbons (Fsp3) is 0.375. The predicted octanol–water partition coefficient (Wildman–Crippen LogP) is 5.95. The maximum absolute atomic E-state index is 14.3. The van der Waals surface area contributed by atoms with E-state index in [1.165, 1.54) is 19.2 Å². The Morgan fingerprint density at radius 2 is 1.67 bits per heavy atom. The van der Waals surface area contributed by atoms with Crippen LogP contribution in [0, 0.1) is 35.2 Å². The minimum atomic E-state index is -4.10. The van der Waals surface area contributed by atoms with Crippen molar-refractivity contribution in [2.24, 2.45) is 17.8 Å². The quantitative estimate of drug-likeness (QED) is 0.247. The molecule has 1 spiro atoms. The molecule has 1 amide bonds. The van der Waals surface area contributed by atoms with E-state index in [9.17, 15) is 31.2 Å². The molecule has 45 heavy (non-hydrogen) atoms. The molecule has 3 aliphatic rings. The molecule has 2 bridgehead atoms. The minimum absolute atomic E-state index is 0.0764. The van der Waals surface area contributed by atoms with Gasteiger partial charge in [0.15, 0.2) is 27.3 Å². The summed E-state index contributed by atoms with van der Waals surface area (Å²) >= 11 is 6.42. The Morgan fingerprint density at radius 3 is 2.29 bits per heavy atom. The van der Waals surface area contributed by atoms with Gasteiger partial charge in [-0.3, -0.25) is 14.4 Å². The van der Waals surface area contributed by atoms with Crippen LogP contribution >= 0.6 is 11.6 Å². The van der Waals surface area contributed by atoms with Gasteiger partial charge in [0, 0.05) is 29.9 Å². The third-order valence-electron chi connectivity index (χ3n) is 9.37. The van der Waals surface area contributed by atoms with E-state index in [4.69, 9.17) is 21.2 Å². The molecule has 1 saturated heterocycles. The Bertz CT molecular complexity index is 1720. The molecular weight excluding hydrogens is 633 g/mol. The van der Waals surface area contributed by atoms with E-state index in [1.54, 1.807) is 0 Å². The van der Waals surface area contributed by atoms with Crippen LogP contribution in [0.1, 0.15) is 41.6 Å². The predicted molar refractivity (Wildman–Crippen MR) is 158 cm³/mol. The minimum Gasteiger partial charge on any atom is -0.469 e. The maximum Gasteiger partial charge on any atom is 0.313 e. The molecule has 3 aromatic rings. The molecule has 238 valence electrons. The fourth-order valence-electron chi connectivity index (χ4n) is 7.41. The van der Waals surface area contributed by atoms with Gasteiger partial charge in [0.1, 0.15) is 5.92 Å². The van der Waals surface area contributed by atoms with Gasteiger partial charge in [0.05, 0.1) is 34.4 Å². The van der Waals surface area contributed by atoms with Crippen molar-refractivity contribution >= 4 is 39.0 Å². The van der Waals surface area contributed by atoms with Crippen LogP contribution in [0.15, 0.2) is 65.6 Å². The number of ether oxygens (including phenoxy) is 1. The summed E-state index contributed by atoms with van der Waals surface area (Å²) < 4.78 is 74.4. The second-order valence-electron chi connectivity index (χ2n) is 11.9. The smallest absolute Gasteiger partial charge is 0.313 e. The lowest BCUT2D eigenvalue weighted by Crippen LogP contribution is -2.57. The third-order valence-corrected chi connectivity index (χ3v) is 12.2. The summed E-state index contributed by atoms with van der Waals surface area (Å²) in [5, 5.41) is 3.20. The zero-order valence-electron chi connectivity index (χ0n) is 24.1. The number of methoxy groups -OCH3 is 1. The number of sulfone groups is 1. The van der Waals surface area contributed by atoms with Gasteiger partial charge in [0.25, 0.3) is 5.91 Å². The summed E-state index contributed by atoms with van der Waals surface area (Å²) in [6, 6.07) is 14.6. The van der Waals surface area contributed by atoms with Gasteiger partial charge in [-0.05, 0) is 61.3 Å². The molecule has 1 aliphatic heterocycles. The third kappa shape index (κ3) is 5.62. The molecular formula is C32H30ClF3N2O6S. The van der Waals surface area contributed by atoms with Gasteiger partial charge >= 0.3 is 5.97 Å². The molecule has 3 aromatic carbocycles. The van der Waals surface area contributed by atoms with Gasteiger partial charge in [0.2, 0.25) is 0 Å². The number of hydrogen-bond donors (Lipinski definition) is 1. The standard InChI is InChI=1S/C32H30ClF3N2O6S/c1-43-31(40)23-17-44-38(16-18-5-3-2-4-6-18)32(23)14-20-7-8-21(15-32)29(20)45(41,42)27-11-19(9-10-24(27)33)30(39)37-22-12-25(34)28(36)26(35)13-22/h2-6,9-13,20-21,23,29H,7-8,14-17H2,1H3,(H,37,39). The first kappa shape index (κ1) is 31.5. The molecule has 0 radical (unpaired) electrons. The molecule has 13 heteroatoms. The Morgan fingerprint density at radius 1 is 1.02 bits per heavy atom. The average molecular weight is 663 g/mol. The monoisotopic (exact) mass is 662 g/mol. The van der Waals surface area contributed by atoms with Crippen molar-refractivity contribution < 1.29 is 40.8 Å². The number of rotatable bonds is 7. The molecule has 1 N–H and O–H groups in total. The van der Waals surface area contributed by atoms with E-state index in [-0.39, 0.29) is 39.6 Å². The topological polar surface area (TPSA) is 102 Å². The van der Waals surface area contributed by atoms with Gasteiger partial charge in [-0.1, -0.05) is 41.9 Å². The number of hydroxylamine groups is 2. The van der Waals surface area contributed by atoms with Crippen LogP contribution in [0.5, 0.6) is 0 Å². The van der Waals surface area contributed by atoms with Crippen molar-refractivity contribution in [1.82, 2.24) is 5.06 Å². The molecule has 1 heterocycles. The molecule has 2 aliphatic carbocycles. The Labute approximate surface area is 263 Å². The fourth-order valence-corrected chi connectivity index (χ4v) is 10.3. The van der Waals surface area contributed by atoms with Crippen molar-refractivity contribution in [1.29, 1.82) is 0 Å². The highest BCUT2D eigenvalue weighted by atomic mass is 35.5. The average Bonchev–Trinajstić information content (AvgIpc) is 3.49. The van der Waals surface area contributed by atoms with Gasteiger partial charge in [-0.2, -0.15) is 5.06 Å². The molecule has 0 aromatic heterocycles. The summed E-state index contributed by atoms with van der Waals surface area (Å²) in [7, 11) is -2.77. The van der Waals surface area contributed by atoms with Crippen molar-refractivity contribution in [2.75, 3.05) is 19.0 Å². The van der Waals surface area contributed by atoms with Crippen LogP contribution < -0.4 is 5.32 Å². The number of nitrogens with one attached hydrogen (secondary N) is 1. The number of fused-ring (bicyclic) bond motifs is 2. The van der Waals surface area contributed by atoms with Crippen LogP contribution in [0.3, 0.4) is 0 Å². The highest BCUT2D eigenvalue weighted by molar-refractivity contribution is 7.92. The summed E-state index contributed by atoms with van der Waals surface area (Å²) in [5.74, 6) is -7.19. The number of anilines is 1. The first-order valence-corrected chi connectivity index (χ1v) is 16.4. The first-order chi connectivity index (χ1) is 21.4. The second-order valence-corrected chi connectivity index (χ2v) is 14.3. The van der Waals surface area contributed by atoms with Crippen LogP contribution in [0.4, 0.5) is 18.9 Å². The van der Waals surface area contributed by atoms with Crippen LogP contribution in [0.25, 0.3) is 0 Å². The van der Waals surface area contributed by atoms with Gasteiger partial charge < -0.3 is 10.1 Å². The summed E-state index contributed by atoms with van der Waals surface area (Å²) in [4.78, 5) is 31.8. The maximum atomic E-state index is 14.3. The number of nitrogens with zero attached hydrogens (tertiary/aromatic N) is 1. The van der Waals surface area contributed by atoms with E-state index < -0.39 is 55.9 Å². The first-order valence-electron chi connectivity index (χ1n) is 14.5. The molecule has 2 saturated carbocycles. The number of halogens is 4. The number of esters is 1. The lowest BCUT2D eigenvalue weighted by atomic mass is 9.68. The normalized spacial score (nSPS) is 26.2. The van der Waals surface area contributed by atoms with E-state index in [1.807, 2.05) is 35.4 Å². The molecule has 6 rings (SSSR count). The van der Waals surface area contributed by atoms with Crippen molar-refractivity contribution in [3.8, 4) is 0 Å². The Balaban J connectivity index is 1.29. The zero-order valence-corrected chi connectivity index (χ0v) is 25.7. The number of carbonyl (C=O) groups excluding carboxylic acids is 2. The highest BCUT2D eigenvalue weighted by Crippen LogP contribution is 2.57. The van der Waals surface area contributed by atoms with Gasteiger partial charge in [-0.15, -0.1) is 0 Å². The summed E-state index contributed by atoms with van der Waals surface area (Å²) in [6.07, 6.45) is 1.98. The van der Waals surface area contributed by atoms with Gasteiger partial charge in [-0.25, -0.2) is 21.6 Å². The Hall–Kier alpha value is -3.45.